The number of carbonyl (C=O) groups excluding carboxylic acids is 1. The molecule has 0 saturated carbocycles. The van der Waals surface area contributed by atoms with Crippen LogP contribution in [0.25, 0.3) is 11.6 Å². The molecule has 0 fully saturated rings. The Hall–Kier alpha value is -1.58. The monoisotopic (exact) mass is 200 g/mol. The molecule has 0 atom stereocenters. The summed E-state index contributed by atoms with van der Waals surface area (Å²) in [6.45, 7) is 0. The fraction of sp³-hybridized carbons (Fsp3) is 0.143. The third kappa shape index (κ3) is 2.26. The van der Waals surface area contributed by atoms with Gasteiger partial charge in [-0.1, -0.05) is 0 Å². The van der Waals surface area contributed by atoms with Crippen LogP contribution in [0.1, 0.15) is 10.7 Å². The van der Waals surface area contributed by atoms with Crippen LogP contribution in [0.15, 0.2) is 16.7 Å². The van der Waals surface area contributed by atoms with Crippen LogP contribution in [0.4, 0.5) is 0 Å². The first-order valence-electron chi connectivity index (χ1n) is 3.71. The standard InChI is InChI=1S/C7H6N4O3.Li/c1-11-3-2-4(10-11)5-8-9-6(14-5)7(12)13;/h2-3H,1H3,(H,12,13);/q;+1/p-1. The molecular formula is C7H5LiN4O3. The third-order valence-corrected chi connectivity index (χ3v) is 1.53. The van der Waals surface area contributed by atoms with Gasteiger partial charge in [-0.15, -0.1) is 10.2 Å². The average molecular weight is 200 g/mol. The second-order valence-corrected chi connectivity index (χ2v) is 2.57. The Bertz CT molecular complexity index is 478. The second kappa shape index (κ2) is 4.29. The summed E-state index contributed by atoms with van der Waals surface area (Å²) < 4.78 is 6.32. The van der Waals surface area contributed by atoms with Crippen molar-refractivity contribution in [1.29, 1.82) is 0 Å². The van der Waals surface area contributed by atoms with E-state index in [1.165, 1.54) is 4.68 Å². The van der Waals surface area contributed by atoms with Crippen LogP contribution in [0.2, 0.25) is 0 Å². The van der Waals surface area contributed by atoms with Gasteiger partial charge in [0.25, 0.3) is 11.8 Å². The normalized spacial score (nSPS) is 9.67. The summed E-state index contributed by atoms with van der Waals surface area (Å²) in [6.07, 6.45) is 1.68. The molecule has 72 valence electrons. The smallest absolute Gasteiger partial charge is 0.540 e. The second-order valence-electron chi connectivity index (χ2n) is 2.57. The third-order valence-electron chi connectivity index (χ3n) is 1.53. The average Bonchev–Trinajstić information content (AvgIpc) is 2.70. The zero-order valence-electron chi connectivity index (χ0n) is 8.17. The first-order valence-corrected chi connectivity index (χ1v) is 3.71. The molecule has 0 spiro atoms. The molecule has 0 amide bonds. The Morgan fingerprint density at radius 3 is 2.73 bits per heavy atom. The van der Waals surface area contributed by atoms with E-state index in [9.17, 15) is 9.90 Å². The topological polar surface area (TPSA) is 96.9 Å². The number of nitrogens with zero attached hydrogens (tertiary/aromatic N) is 4. The molecule has 0 aliphatic heterocycles. The van der Waals surface area contributed by atoms with Crippen molar-refractivity contribution in [2.45, 2.75) is 0 Å². The van der Waals surface area contributed by atoms with Crippen LogP contribution in [0.5, 0.6) is 0 Å². The predicted octanol–water partition coefficient (Wildman–Crippen LogP) is -4.16. The predicted molar refractivity (Wildman–Crippen MR) is 40.8 cm³/mol. The van der Waals surface area contributed by atoms with Gasteiger partial charge < -0.3 is 14.3 Å². The van der Waals surface area contributed by atoms with Gasteiger partial charge in [-0.25, -0.2) is 0 Å². The van der Waals surface area contributed by atoms with Crippen molar-refractivity contribution in [2.75, 3.05) is 0 Å². The molecule has 0 aliphatic rings. The van der Waals surface area contributed by atoms with Gasteiger partial charge in [0.2, 0.25) is 0 Å². The molecule has 2 aromatic rings. The van der Waals surface area contributed by atoms with Crippen LogP contribution in [-0.2, 0) is 7.05 Å². The van der Waals surface area contributed by atoms with Crippen LogP contribution >= 0.6 is 0 Å². The van der Waals surface area contributed by atoms with E-state index in [4.69, 9.17) is 4.42 Å². The Kier molecular flexibility index (Phi) is 3.29. The summed E-state index contributed by atoms with van der Waals surface area (Å²) in [5.41, 5.74) is 0.424. The van der Waals surface area contributed by atoms with Crippen LogP contribution in [0, 0.1) is 0 Å². The minimum atomic E-state index is -1.50. The van der Waals surface area contributed by atoms with Gasteiger partial charge in [0.05, 0.1) is 0 Å². The van der Waals surface area contributed by atoms with E-state index in [2.05, 4.69) is 15.3 Å². The van der Waals surface area contributed by atoms with Crippen molar-refractivity contribution in [1.82, 2.24) is 20.0 Å². The summed E-state index contributed by atoms with van der Waals surface area (Å²) >= 11 is 0. The van der Waals surface area contributed by atoms with E-state index < -0.39 is 11.9 Å². The van der Waals surface area contributed by atoms with Gasteiger partial charge in [-0.05, 0) is 6.07 Å². The maximum atomic E-state index is 10.3. The van der Waals surface area contributed by atoms with E-state index in [1.54, 1.807) is 19.3 Å². The largest absolute Gasteiger partial charge is 1.00 e. The fourth-order valence-electron chi connectivity index (χ4n) is 0.938. The van der Waals surface area contributed by atoms with Crippen molar-refractivity contribution in [3.05, 3.63) is 18.2 Å². The van der Waals surface area contributed by atoms with Crippen LogP contribution < -0.4 is 24.0 Å². The summed E-state index contributed by atoms with van der Waals surface area (Å²) in [6, 6.07) is 1.63. The first-order chi connectivity index (χ1) is 6.66. The summed E-state index contributed by atoms with van der Waals surface area (Å²) in [4.78, 5) is 10.3. The molecule has 0 aromatic carbocycles. The number of aromatic carboxylic acids is 1. The molecule has 2 aromatic heterocycles. The zero-order chi connectivity index (χ0) is 10.1. The molecule has 0 N–H and O–H groups in total. The zero-order valence-corrected chi connectivity index (χ0v) is 8.17. The minimum Gasteiger partial charge on any atom is -0.540 e. The molecule has 8 heteroatoms. The van der Waals surface area contributed by atoms with Crippen LogP contribution in [-0.4, -0.2) is 25.9 Å². The molecule has 0 saturated heterocycles. The van der Waals surface area contributed by atoms with E-state index in [0.717, 1.165) is 0 Å². The number of aryl methyl sites for hydroxylation is 1. The van der Waals surface area contributed by atoms with Gasteiger partial charge in [-0.3, -0.25) is 4.68 Å². The molecule has 0 radical (unpaired) electrons. The first kappa shape index (κ1) is 11.5. The Morgan fingerprint density at radius 1 is 1.53 bits per heavy atom. The molecule has 0 bridgehead atoms. The quantitative estimate of drug-likeness (QED) is 0.456. The fourth-order valence-corrected chi connectivity index (χ4v) is 0.938. The van der Waals surface area contributed by atoms with E-state index in [-0.39, 0.29) is 24.8 Å². The Morgan fingerprint density at radius 2 is 2.27 bits per heavy atom. The molecule has 0 aliphatic carbocycles. The molecule has 0 unspecified atom stereocenters. The Labute approximate surface area is 96.3 Å². The summed E-state index contributed by atoms with van der Waals surface area (Å²) in [5.74, 6) is -1.99. The number of carboxylic acid groups (broad SMARTS) is 1. The molecule has 2 rings (SSSR count). The van der Waals surface area contributed by atoms with Crippen LogP contribution in [0.3, 0.4) is 0 Å². The number of carboxylic acids is 1. The number of hydrogen-bond acceptors (Lipinski definition) is 6. The maximum Gasteiger partial charge on any atom is 1.00 e. The Balaban J connectivity index is 0.00000112. The maximum absolute atomic E-state index is 10.3. The summed E-state index contributed by atoms with van der Waals surface area (Å²) in [5, 5.41) is 21.1. The molecule has 15 heavy (non-hydrogen) atoms. The van der Waals surface area contributed by atoms with Crippen molar-refractivity contribution in [2.24, 2.45) is 7.05 Å². The van der Waals surface area contributed by atoms with Gasteiger partial charge in [0.15, 0.2) is 0 Å². The SMILES string of the molecule is Cn1ccc(-c2nnc(C(=O)[O-])o2)n1.[Li+]. The molecular weight excluding hydrogens is 195 g/mol. The number of hydrogen-bond donors (Lipinski definition) is 0. The van der Waals surface area contributed by atoms with E-state index in [0.29, 0.717) is 5.69 Å². The molecule has 7 nitrogen and oxygen atoms in total. The van der Waals surface area contributed by atoms with E-state index >= 15 is 0 Å². The van der Waals surface area contributed by atoms with Gasteiger partial charge in [0.1, 0.15) is 11.7 Å². The van der Waals surface area contributed by atoms with Crippen molar-refractivity contribution in [3.63, 3.8) is 0 Å². The molecule has 2 heterocycles. The summed E-state index contributed by atoms with van der Waals surface area (Å²) in [7, 11) is 1.72. The van der Waals surface area contributed by atoms with Crippen molar-refractivity contribution < 1.29 is 33.2 Å². The van der Waals surface area contributed by atoms with Crippen molar-refractivity contribution >= 4 is 5.97 Å². The minimum absolute atomic E-state index is 0. The van der Waals surface area contributed by atoms with Gasteiger partial charge in [0, 0.05) is 13.2 Å². The number of aromatic nitrogens is 4. The van der Waals surface area contributed by atoms with Crippen molar-refractivity contribution in [3.8, 4) is 11.6 Å². The van der Waals surface area contributed by atoms with Gasteiger partial charge >= 0.3 is 18.9 Å². The van der Waals surface area contributed by atoms with Gasteiger partial charge in [-0.2, -0.15) is 5.10 Å². The number of carbonyl (C=O) groups is 1. The number of rotatable bonds is 2. The van der Waals surface area contributed by atoms with E-state index in [1.807, 2.05) is 0 Å².